The Balaban J connectivity index is 2.25. The van der Waals surface area contributed by atoms with Gasteiger partial charge in [0.25, 0.3) is 0 Å². The van der Waals surface area contributed by atoms with Crippen LogP contribution in [0, 0.1) is 0 Å². The quantitative estimate of drug-likeness (QED) is 0.288. The summed E-state index contributed by atoms with van der Waals surface area (Å²) in [5.74, 6) is 0. The highest BCUT2D eigenvalue weighted by Gasteiger charge is 2.42. The second kappa shape index (κ2) is 7.21. The maximum Gasteiger partial charge on any atom is 0.247 e. The van der Waals surface area contributed by atoms with Crippen LogP contribution >= 0.6 is 0 Å². The number of rotatable bonds is 4. The summed E-state index contributed by atoms with van der Waals surface area (Å²) >= 11 is 0. The topological polar surface area (TPSA) is 131 Å². The van der Waals surface area contributed by atoms with Gasteiger partial charge in [0, 0.05) is 49.1 Å². The van der Waals surface area contributed by atoms with E-state index in [2.05, 4.69) is 19.9 Å². The minimum atomic E-state index is -3.31. The average molecular weight is 404 g/mol. The molecule has 0 amide bonds. The predicted octanol–water partition coefficient (Wildman–Crippen LogP) is -2.18. The Hall–Kier alpha value is -3.98. The molecule has 0 aromatic carbocycles. The van der Waals surface area contributed by atoms with Crippen LogP contribution in [0.3, 0.4) is 0 Å². The Morgan fingerprint density at radius 1 is 0.448 bits per heavy atom. The molecule has 0 atom stereocenters. The highest BCUT2D eigenvalue weighted by Crippen LogP contribution is 2.05. The van der Waals surface area contributed by atoms with Gasteiger partial charge in [-0.25, -0.2) is 0 Å². The minimum absolute atomic E-state index is 0.320. The lowest BCUT2D eigenvalue weighted by molar-refractivity contribution is 1.23. The molecule has 144 valence electrons. The van der Waals surface area contributed by atoms with Crippen molar-refractivity contribution >= 4 is 28.8 Å². The fourth-order valence-corrected chi connectivity index (χ4v) is 8.44. The molecule has 0 saturated carbocycles. The van der Waals surface area contributed by atoms with Crippen molar-refractivity contribution in [2.24, 2.45) is 0 Å². The average Bonchev–Trinajstić information content (AvgIpc) is 2.69. The van der Waals surface area contributed by atoms with Crippen LogP contribution in [0.25, 0.3) is 0 Å². The van der Waals surface area contributed by atoms with Gasteiger partial charge in [-0.3, -0.25) is 19.2 Å². The van der Waals surface area contributed by atoms with E-state index in [1.807, 2.05) is 0 Å². The highest BCUT2D eigenvalue weighted by atomic mass is 28.3. The van der Waals surface area contributed by atoms with Crippen LogP contribution in [0.15, 0.2) is 92.5 Å². The lowest BCUT2D eigenvalue weighted by Crippen LogP contribution is -2.76. The number of H-pyrrole nitrogens is 4. The van der Waals surface area contributed by atoms with Gasteiger partial charge < -0.3 is 19.9 Å². The van der Waals surface area contributed by atoms with Crippen molar-refractivity contribution in [2.45, 2.75) is 0 Å². The molecular weight excluding hydrogens is 388 g/mol. The van der Waals surface area contributed by atoms with E-state index in [0.29, 0.717) is 20.7 Å². The van der Waals surface area contributed by atoms with Gasteiger partial charge in [0.05, 0.1) is 0 Å². The van der Waals surface area contributed by atoms with Crippen LogP contribution in [-0.4, -0.2) is 28.0 Å². The van der Waals surface area contributed by atoms with E-state index in [9.17, 15) is 19.2 Å². The molecule has 0 aliphatic rings. The van der Waals surface area contributed by atoms with Crippen LogP contribution in [0.2, 0.25) is 0 Å². The van der Waals surface area contributed by atoms with Crippen LogP contribution in [0.5, 0.6) is 0 Å². The molecule has 4 N–H and O–H groups in total. The molecule has 0 radical (unpaired) electrons. The Bertz CT molecular complexity index is 1200. The summed E-state index contributed by atoms with van der Waals surface area (Å²) < 4.78 is 0. The molecule has 9 heteroatoms. The van der Waals surface area contributed by atoms with Crippen LogP contribution < -0.4 is 43.0 Å². The molecule has 4 aromatic heterocycles. The van der Waals surface area contributed by atoms with E-state index in [-0.39, 0.29) is 22.2 Å². The van der Waals surface area contributed by atoms with Crippen LogP contribution in [0.4, 0.5) is 0 Å². The number of nitrogens with one attached hydrogen (secondary N) is 4. The number of aromatic nitrogens is 4. The maximum atomic E-state index is 12.2. The van der Waals surface area contributed by atoms with Crippen molar-refractivity contribution in [1.29, 1.82) is 0 Å². The lowest BCUT2D eigenvalue weighted by atomic mass is 10.4. The Morgan fingerprint density at radius 2 is 0.690 bits per heavy atom. The fraction of sp³-hybridized carbons (Fsp3) is 0. The van der Waals surface area contributed by atoms with Gasteiger partial charge in [-0.05, 0) is 45.0 Å². The molecule has 0 spiro atoms. The first-order valence-electron chi connectivity index (χ1n) is 8.77. The molecule has 4 rings (SSSR count). The molecule has 0 aliphatic heterocycles. The monoisotopic (exact) mass is 404 g/mol. The van der Waals surface area contributed by atoms with E-state index >= 15 is 0 Å². The van der Waals surface area contributed by atoms with Gasteiger partial charge in [0.2, 0.25) is 22.2 Å². The summed E-state index contributed by atoms with van der Waals surface area (Å²) in [4.78, 5) is 59.2. The van der Waals surface area contributed by atoms with E-state index in [1.54, 1.807) is 24.3 Å². The van der Waals surface area contributed by atoms with Gasteiger partial charge in [0.1, 0.15) is 0 Å². The predicted molar refractivity (Wildman–Crippen MR) is 113 cm³/mol. The number of aromatic amines is 4. The second-order valence-corrected chi connectivity index (χ2v) is 10.3. The van der Waals surface area contributed by atoms with Gasteiger partial charge in [-0.1, -0.05) is 0 Å². The van der Waals surface area contributed by atoms with E-state index in [1.165, 1.54) is 49.1 Å². The standard InChI is InChI=1S/C20H16N4O4Si/c25-17-9-13(1-5-21-17)29(14-2-6-22-18(26)10-14,15-3-7-23-19(27)11-15)16-4-8-24-20(28)12-16/h1-12H,(H,21,25)(H,22,26)(H,23,27)(H,24,28). The van der Waals surface area contributed by atoms with Crippen molar-refractivity contribution in [3.8, 4) is 0 Å². The summed E-state index contributed by atoms with van der Waals surface area (Å²) in [6.45, 7) is 0. The lowest BCUT2D eigenvalue weighted by Gasteiger charge is -2.33. The summed E-state index contributed by atoms with van der Waals surface area (Å²) in [5.41, 5.74) is -1.28. The summed E-state index contributed by atoms with van der Waals surface area (Å²) in [5, 5.41) is 2.57. The Kier molecular flexibility index (Phi) is 4.57. The number of pyridine rings is 4. The third kappa shape index (κ3) is 3.23. The van der Waals surface area contributed by atoms with Crippen molar-refractivity contribution in [2.75, 3.05) is 0 Å². The van der Waals surface area contributed by atoms with E-state index < -0.39 is 8.07 Å². The van der Waals surface area contributed by atoms with Crippen molar-refractivity contribution in [3.05, 3.63) is 115 Å². The van der Waals surface area contributed by atoms with Gasteiger partial charge >= 0.3 is 0 Å². The van der Waals surface area contributed by atoms with Gasteiger partial charge in [-0.15, -0.1) is 0 Å². The van der Waals surface area contributed by atoms with Crippen molar-refractivity contribution in [3.63, 3.8) is 0 Å². The molecule has 4 aromatic rings. The molecule has 0 aliphatic carbocycles. The molecule has 0 unspecified atom stereocenters. The molecule has 0 saturated heterocycles. The largest absolute Gasteiger partial charge is 0.329 e. The van der Waals surface area contributed by atoms with Crippen molar-refractivity contribution in [1.82, 2.24) is 19.9 Å². The SMILES string of the molecule is O=c1cc([Si](c2cc[nH]c(=O)c2)(c2cc[nH]c(=O)c2)c2cc[nH]c(=O)c2)cc[nH]1. The van der Waals surface area contributed by atoms with Crippen LogP contribution in [0.1, 0.15) is 0 Å². The molecule has 0 fully saturated rings. The first-order chi connectivity index (χ1) is 14.0. The Labute approximate surface area is 164 Å². The first kappa shape index (κ1) is 18.4. The molecule has 4 heterocycles. The second-order valence-electron chi connectivity index (χ2n) is 6.52. The summed E-state index contributed by atoms with van der Waals surface area (Å²) in [7, 11) is -3.31. The zero-order valence-electron chi connectivity index (χ0n) is 15.1. The highest BCUT2D eigenvalue weighted by molar-refractivity contribution is 7.19. The van der Waals surface area contributed by atoms with E-state index in [0.717, 1.165) is 0 Å². The smallest absolute Gasteiger partial charge is 0.247 e. The van der Waals surface area contributed by atoms with Gasteiger partial charge in [-0.2, -0.15) is 0 Å². The number of hydrogen-bond donors (Lipinski definition) is 4. The van der Waals surface area contributed by atoms with Crippen molar-refractivity contribution < 1.29 is 0 Å². The van der Waals surface area contributed by atoms with Gasteiger partial charge in [0.15, 0.2) is 8.07 Å². The zero-order valence-corrected chi connectivity index (χ0v) is 16.1. The summed E-state index contributed by atoms with van der Waals surface area (Å²) in [6.07, 6.45) is 6.08. The maximum absolute atomic E-state index is 12.2. The fourth-order valence-electron chi connectivity index (χ4n) is 3.71. The molecule has 8 nitrogen and oxygen atoms in total. The molecular formula is C20H16N4O4Si. The minimum Gasteiger partial charge on any atom is -0.329 e. The summed E-state index contributed by atoms with van der Waals surface area (Å²) in [6, 6.07) is 12.8. The van der Waals surface area contributed by atoms with Crippen LogP contribution in [-0.2, 0) is 0 Å². The zero-order chi connectivity index (χ0) is 20.4. The normalized spacial score (nSPS) is 11.3. The number of hydrogen-bond acceptors (Lipinski definition) is 4. The van der Waals surface area contributed by atoms with E-state index in [4.69, 9.17) is 0 Å². The molecule has 29 heavy (non-hydrogen) atoms. The first-order valence-corrected chi connectivity index (χ1v) is 10.8. The molecule has 0 bridgehead atoms. The Morgan fingerprint density at radius 3 is 0.897 bits per heavy atom. The third-order valence-electron chi connectivity index (χ3n) is 4.83. The third-order valence-corrected chi connectivity index (χ3v) is 9.54.